The third kappa shape index (κ3) is 4.45. The molecule has 0 saturated carbocycles. The molecule has 0 aromatic carbocycles. The number of hydrogen-bond acceptors (Lipinski definition) is 3. The van der Waals surface area contributed by atoms with E-state index in [-0.39, 0.29) is 6.04 Å². The van der Waals surface area contributed by atoms with Crippen molar-refractivity contribution < 1.29 is 23.1 Å². The van der Waals surface area contributed by atoms with Crippen molar-refractivity contribution in [3.05, 3.63) is 0 Å². The van der Waals surface area contributed by atoms with E-state index >= 15 is 0 Å². The molecule has 0 amide bonds. The molecule has 0 aromatic heterocycles. The fourth-order valence-electron chi connectivity index (χ4n) is 2.09. The van der Waals surface area contributed by atoms with Crippen LogP contribution in [0.4, 0.5) is 13.2 Å². The maximum absolute atomic E-state index is 12.4. The molecule has 2 atom stereocenters. The molecule has 2 N–H and O–H groups in total. The zero-order valence-electron chi connectivity index (χ0n) is 10.3. The Morgan fingerprint density at radius 1 is 1.33 bits per heavy atom. The zero-order chi connectivity index (χ0) is 13.8. The molecule has 7 heteroatoms. The lowest BCUT2D eigenvalue weighted by Crippen LogP contribution is -2.44. The van der Waals surface area contributed by atoms with Crippen LogP contribution in [0.15, 0.2) is 0 Å². The van der Waals surface area contributed by atoms with Crippen molar-refractivity contribution in [1.82, 2.24) is 10.2 Å². The fraction of sp³-hybridized carbons (Fsp3) is 0.909. The van der Waals surface area contributed by atoms with Crippen LogP contribution in [-0.2, 0) is 4.79 Å². The molecule has 0 spiro atoms. The second-order valence-corrected chi connectivity index (χ2v) is 4.68. The topological polar surface area (TPSA) is 52.6 Å². The van der Waals surface area contributed by atoms with Gasteiger partial charge in [-0.3, -0.25) is 9.69 Å². The maximum Gasteiger partial charge on any atom is 0.403 e. The van der Waals surface area contributed by atoms with Gasteiger partial charge >= 0.3 is 12.1 Å². The van der Waals surface area contributed by atoms with Crippen LogP contribution in [0.25, 0.3) is 0 Å². The molecule has 2 unspecified atom stereocenters. The standard InChI is InChI=1S/C11H19F3N2O2/c1-8(16-4-2-3-5-16)6-15-7-9(10(17)18)11(12,13)14/h8-9,15H,2-7H2,1H3,(H,17,18). The Bertz CT molecular complexity index is 278. The number of alkyl halides is 3. The molecule has 0 radical (unpaired) electrons. The first-order valence-electron chi connectivity index (χ1n) is 6.06. The van der Waals surface area contributed by atoms with Gasteiger partial charge in [0.1, 0.15) is 0 Å². The van der Waals surface area contributed by atoms with Gasteiger partial charge in [0, 0.05) is 19.1 Å². The molecule has 0 bridgehead atoms. The molecule has 18 heavy (non-hydrogen) atoms. The predicted octanol–water partition coefficient (Wildman–Crippen LogP) is 1.32. The average molecular weight is 268 g/mol. The molecule has 4 nitrogen and oxygen atoms in total. The second-order valence-electron chi connectivity index (χ2n) is 4.68. The van der Waals surface area contributed by atoms with Gasteiger partial charge in [0.2, 0.25) is 0 Å². The minimum Gasteiger partial charge on any atom is -0.481 e. The lowest BCUT2D eigenvalue weighted by molar-refractivity contribution is -0.192. The number of carbonyl (C=O) groups is 1. The van der Waals surface area contributed by atoms with Crippen LogP contribution in [0.1, 0.15) is 19.8 Å². The van der Waals surface area contributed by atoms with E-state index < -0.39 is 24.6 Å². The van der Waals surface area contributed by atoms with Crippen LogP contribution in [0.5, 0.6) is 0 Å². The van der Waals surface area contributed by atoms with Gasteiger partial charge in [0.15, 0.2) is 5.92 Å². The number of aliphatic carboxylic acids is 1. The van der Waals surface area contributed by atoms with Crippen molar-refractivity contribution in [2.75, 3.05) is 26.2 Å². The van der Waals surface area contributed by atoms with Gasteiger partial charge in [-0.1, -0.05) is 0 Å². The summed E-state index contributed by atoms with van der Waals surface area (Å²) in [6.45, 7) is 3.66. The second kappa shape index (κ2) is 6.38. The molecular formula is C11H19F3N2O2. The van der Waals surface area contributed by atoms with Gasteiger partial charge in [0.05, 0.1) is 0 Å². The Kier molecular flexibility index (Phi) is 5.40. The van der Waals surface area contributed by atoms with Crippen LogP contribution in [0, 0.1) is 5.92 Å². The van der Waals surface area contributed by atoms with Crippen LogP contribution >= 0.6 is 0 Å². The van der Waals surface area contributed by atoms with E-state index in [4.69, 9.17) is 5.11 Å². The van der Waals surface area contributed by atoms with Gasteiger partial charge in [-0.05, 0) is 32.9 Å². The summed E-state index contributed by atoms with van der Waals surface area (Å²) in [6, 6.07) is 0.134. The van der Waals surface area contributed by atoms with Crippen molar-refractivity contribution in [2.45, 2.75) is 32.0 Å². The Balaban J connectivity index is 2.32. The summed E-state index contributed by atoms with van der Waals surface area (Å²) >= 11 is 0. The van der Waals surface area contributed by atoms with Crippen LogP contribution in [0.3, 0.4) is 0 Å². The molecule has 1 aliphatic rings. The number of rotatable bonds is 6. The summed E-state index contributed by atoms with van der Waals surface area (Å²) in [5.74, 6) is -4.16. The lowest BCUT2D eigenvalue weighted by atomic mass is 10.1. The first-order chi connectivity index (χ1) is 8.32. The molecule has 1 fully saturated rings. The number of hydrogen-bond donors (Lipinski definition) is 2. The van der Waals surface area contributed by atoms with Gasteiger partial charge in [-0.25, -0.2) is 0 Å². The van der Waals surface area contributed by atoms with Gasteiger partial charge in [-0.2, -0.15) is 13.2 Å². The molecule has 1 rings (SSSR count). The summed E-state index contributed by atoms with van der Waals surface area (Å²) in [5, 5.41) is 11.1. The first kappa shape index (κ1) is 15.2. The summed E-state index contributed by atoms with van der Waals surface area (Å²) in [4.78, 5) is 12.7. The summed E-state index contributed by atoms with van der Waals surface area (Å²) in [7, 11) is 0. The van der Waals surface area contributed by atoms with Crippen LogP contribution in [0.2, 0.25) is 0 Å². The third-order valence-corrected chi connectivity index (χ3v) is 3.25. The van der Waals surface area contributed by atoms with Crippen molar-refractivity contribution in [1.29, 1.82) is 0 Å². The van der Waals surface area contributed by atoms with Crippen molar-refractivity contribution in [3.63, 3.8) is 0 Å². The van der Waals surface area contributed by atoms with E-state index in [1.54, 1.807) is 0 Å². The number of carboxylic acids is 1. The summed E-state index contributed by atoms with van der Waals surface area (Å²) < 4.78 is 37.1. The highest BCUT2D eigenvalue weighted by Crippen LogP contribution is 2.25. The van der Waals surface area contributed by atoms with Crippen molar-refractivity contribution >= 4 is 5.97 Å². The lowest BCUT2D eigenvalue weighted by Gasteiger charge is -2.25. The molecular weight excluding hydrogens is 249 g/mol. The Morgan fingerprint density at radius 2 is 1.89 bits per heavy atom. The first-order valence-corrected chi connectivity index (χ1v) is 6.06. The molecule has 0 aliphatic carbocycles. The van der Waals surface area contributed by atoms with E-state index in [1.165, 1.54) is 0 Å². The van der Waals surface area contributed by atoms with E-state index in [2.05, 4.69) is 10.2 Å². The Morgan fingerprint density at radius 3 is 2.33 bits per heavy atom. The number of likely N-dealkylation sites (tertiary alicyclic amines) is 1. The summed E-state index contributed by atoms with van der Waals surface area (Å²) in [5.41, 5.74) is 0. The fourth-order valence-corrected chi connectivity index (χ4v) is 2.09. The molecule has 1 saturated heterocycles. The van der Waals surface area contributed by atoms with E-state index in [1.807, 2.05) is 6.92 Å². The number of nitrogens with zero attached hydrogens (tertiary/aromatic N) is 1. The third-order valence-electron chi connectivity index (χ3n) is 3.25. The van der Waals surface area contributed by atoms with Crippen molar-refractivity contribution in [2.24, 2.45) is 5.92 Å². The Labute approximate surface area is 104 Å². The molecule has 0 aromatic rings. The monoisotopic (exact) mass is 268 g/mol. The highest BCUT2D eigenvalue weighted by molar-refractivity contribution is 5.71. The molecule has 1 heterocycles. The predicted molar refractivity (Wildman–Crippen MR) is 60.3 cm³/mol. The van der Waals surface area contributed by atoms with E-state index in [0.29, 0.717) is 6.54 Å². The SMILES string of the molecule is CC(CNCC(C(=O)O)C(F)(F)F)N1CCCC1. The smallest absolute Gasteiger partial charge is 0.403 e. The zero-order valence-corrected chi connectivity index (χ0v) is 10.3. The quantitative estimate of drug-likeness (QED) is 0.763. The maximum atomic E-state index is 12.4. The number of carboxylic acid groups (broad SMARTS) is 1. The van der Waals surface area contributed by atoms with Crippen LogP contribution in [-0.4, -0.2) is 54.4 Å². The Hall–Kier alpha value is -0.820. The van der Waals surface area contributed by atoms with Gasteiger partial charge < -0.3 is 10.4 Å². The summed E-state index contributed by atoms with van der Waals surface area (Å²) in [6.07, 6.45) is -2.47. The van der Waals surface area contributed by atoms with Gasteiger partial charge in [0.25, 0.3) is 0 Å². The van der Waals surface area contributed by atoms with Crippen molar-refractivity contribution in [3.8, 4) is 0 Å². The minimum atomic E-state index is -4.70. The number of nitrogens with one attached hydrogen (secondary N) is 1. The highest BCUT2D eigenvalue weighted by atomic mass is 19.4. The average Bonchev–Trinajstić information content (AvgIpc) is 2.74. The highest BCUT2D eigenvalue weighted by Gasteiger charge is 2.44. The molecule has 106 valence electrons. The van der Waals surface area contributed by atoms with Gasteiger partial charge in [-0.15, -0.1) is 0 Å². The van der Waals surface area contributed by atoms with E-state index in [9.17, 15) is 18.0 Å². The van der Waals surface area contributed by atoms with E-state index in [0.717, 1.165) is 25.9 Å². The number of halogens is 3. The largest absolute Gasteiger partial charge is 0.481 e. The van der Waals surface area contributed by atoms with Crippen LogP contribution < -0.4 is 5.32 Å². The minimum absolute atomic E-state index is 0.134. The molecule has 1 aliphatic heterocycles. The normalized spacial score (nSPS) is 20.9.